The van der Waals surface area contributed by atoms with Crippen molar-refractivity contribution in [3.8, 4) is 0 Å². The van der Waals surface area contributed by atoms with Crippen LogP contribution in [0.5, 0.6) is 0 Å². The molecule has 3 atom stereocenters. The number of nitrogens with one attached hydrogen (secondary N) is 2. The Morgan fingerprint density at radius 1 is 1.22 bits per heavy atom. The molecule has 2 saturated heterocycles. The molecular formula is C14H30N4. The van der Waals surface area contributed by atoms with Crippen molar-refractivity contribution in [1.82, 2.24) is 20.4 Å². The van der Waals surface area contributed by atoms with Crippen molar-refractivity contribution in [3.05, 3.63) is 0 Å². The summed E-state index contributed by atoms with van der Waals surface area (Å²) in [4.78, 5) is 5.27. The quantitative estimate of drug-likeness (QED) is 0.730. The van der Waals surface area contributed by atoms with Gasteiger partial charge in [0.25, 0.3) is 0 Å². The van der Waals surface area contributed by atoms with E-state index in [-0.39, 0.29) is 0 Å². The Balaban J connectivity index is 1.91. The molecule has 0 aromatic rings. The fourth-order valence-electron chi connectivity index (χ4n) is 3.62. The number of hydrogen-bond acceptors (Lipinski definition) is 4. The second-order valence-corrected chi connectivity index (χ2v) is 5.51. The van der Waals surface area contributed by atoms with Crippen LogP contribution in [0, 0.1) is 0 Å². The molecule has 2 fully saturated rings. The van der Waals surface area contributed by atoms with E-state index in [1.54, 1.807) is 0 Å². The molecule has 0 saturated carbocycles. The SMILES string of the molecule is CCN[C@@H]1CCN([C@@H]2NCC[C@@H]2N(CC)CC)C1. The van der Waals surface area contributed by atoms with Crippen LogP contribution in [-0.4, -0.2) is 67.3 Å². The normalized spacial score (nSPS) is 33.7. The monoisotopic (exact) mass is 254 g/mol. The number of likely N-dealkylation sites (tertiary alicyclic amines) is 1. The van der Waals surface area contributed by atoms with Crippen molar-refractivity contribution >= 4 is 0 Å². The van der Waals surface area contributed by atoms with Crippen LogP contribution in [0.3, 0.4) is 0 Å². The van der Waals surface area contributed by atoms with Crippen LogP contribution in [0.4, 0.5) is 0 Å². The molecule has 0 radical (unpaired) electrons. The van der Waals surface area contributed by atoms with Crippen LogP contribution in [0.15, 0.2) is 0 Å². The van der Waals surface area contributed by atoms with E-state index in [2.05, 4.69) is 41.2 Å². The summed E-state index contributed by atoms with van der Waals surface area (Å²) in [6.07, 6.45) is 3.18. The number of hydrogen-bond donors (Lipinski definition) is 2. The summed E-state index contributed by atoms with van der Waals surface area (Å²) in [6, 6.07) is 1.41. The van der Waals surface area contributed by atoms with Crippen molar-refractivity contribution in [1.29, 1.82) is 0 Å². The third-order valence-corrected chi connectivity index (χ3v) is 4.55. The van der Waals surface area contributed by atoms with Gasteiger partial charge >= 0.3 is 0 Å². The summed E-state index contributed by atoms with van der Waals surface area (Å²) in [7, 11) is 0. The minimum absolute atomic E-state index is 0.577. The highest BCUT2D eigenvalue weighted by Crippen LogP contribution is 2.22. The molecule has 0 spiro atoms. The average Bonchev–Trinajstić information content (AvgIpc) is 3.00. The van der Waals surface area contributed by atoms with E-state index in [1.165, 1.54) is 45.6 Å². The molecule has 0 bridgehead atoms. The number of nitrogens with zero attached hydrogens (tertiary/aromatic N) is 2. The van der Waals surface area contributed by atoms with Gasteiger partial charge in [-0.1, -0.05) is 20.8 Å². The lowest BCUT2D eigenvalue weighted by atomic mass is 10.1. The van der Waals surface area contributed by atoms with Crippen molar-refractivity contribution < 1.29 is 0 Å². The second-order valence-electron chi connectivity index (χ2n) is 5.51. The highest BCUT2D eigenvalue weighted by molar-refractivity contribution is 4.94. The van der Waals surface area contributed by atoms with E-state index in [1.807, 2.05) is 0 Å². The number of rotatable bonds is 6. The van der Waals surface area contributed by atoms with E-state index in [0.717, 1.165) is 6.54 Å². The molecule has 0 aromatic carbocycles. The summed E-state index contributed by atoms with van der Waals surface area (Å²) in [6.45, 7) is 13.8. The van der Waals surface area contributed by atoms with Crippen molar-refractivity contribution in [2.45, 2.75) is 51.9 Å². The van der Waals surface area contributed by atoms with Crippen LogP contribution in [0.25, 0.3) is 0 Å². The Morgan fingerprint density at radius 2 is 2.00 bits per heavy atom. The maximum atomic E-state index is 3.72. The van der Waals surface area contributed by atoms with Gasteiger partial charge < -0.3 is 10.6 Å². The summed E-state index contributed by atoms with van der Waals surface area (Å²) in [5, 5.41) is 7.30. The van der Waals surface area contributed by atoms with Gasteiger partial charge in [-0.2, -0.15) is 0 Å². The molecule has 18 heavy (non-hydrogen) atoms. The average molecular weight is 254 g/mol. The molecule has 4 heteroatoms. The van der Waals surface area contributed by atoms with Gasteiger partial charge in [-0.25, -0.2) is 0 Å². The van der Waals surface area contributed by atoms with Gasteiger partial charge in [0.1, 0.15) is 0 Å². The Hall–Kier alpha value is -0.160. The van der Waals surface area contributed by atoms with Gasteiger partial charge in [0.05, 0.1) is 6.17 Å². The molecule has 0 amide bonds. The maximum absolute atomic E-state index is 3.72. The van der Waals surface area contributed by atoms with Gasteiger partial charge in [-0.05, 0) is 39.0 Å². The lowest BCUT2D eigenvalue weighted by Crippen LogP contribution is -2.53. The minimum Gasteiger partial charge on any atom is -0.313 e. The molecule has 0 unspecified atom stereocenters. The fraction of sp³-hybridized carbons (Fsp3) is 1.00. The van der Waals surface area contributed by atoms with Gasteiger partial charge in [0, 0.05) is 25.2 Å². The van der Waals surface area contributed by atoms with Crippen molar-refractivity contribution in [3.63, 3.8) is 0 Å². The zero-order valence-electron chi connectivity index (χ0n) is 12.3. The van der Waals surface area contributed by atoms with Gasteiger partial charge in [0.15, 0.2) is 0 Å². The Bertz CT molecular complexity index is 242. The van der Waals surface area contributed by atoms with E-state index in [9.17, 15) is 0 Å². The third kappa shape index (κ3) is 3.05. The fourth-order valence-corrected chi connectivity index (χ4v) is 3.62. The third-order valence-electron chi connectivity index (χ3n) is 4.55. The molecule has 2 heterocycles. The number of likely N-dealkylation sites (N-methyl/N-ethyl adjacent to an activating group) is 2. The van der Waals surface area contributed by atoms with Crippen molar-refractivity contribution in [2.24, 2.45) is 0 Å². The predicted molar refractivity (Wildman–Crippen MR) is 76.8 cm³/mol. The summed E-state index contributed by atoms with van der Waals surface area (Å²) in [5.74, 6) is 0. The predicted octanol–water partition coefficient (Wildman–Crippen LogP) is 0.700. The van der Waals surface area contributed by atoms with E-state index >= 15 is 0 Å². The Labute approximate surface area is 112 Å². The van der Waals surface area contributed by atoms with Crippen LogP contribution in [0.2, 0.25) is 0 Å². The first-order valence-corrected chi connectivity index (χ1v) is 7.75. The summed E-state index contributed by atoms with van der Waals surface area (Å²) < 4.78 is 0. The lowest BCUT2D eigenvalue weighted by molar-refractivity contribution is 0.108. The molecule has 2 rings (SSSR count). The highest BCUT2D eigenvalue weighted by Gasteiger charge is 2.37. The van der Waals surface area contributed by atoms with E-state index in [4.69, 9.17) is 0 Å². The lowest BCUT2D eigenvalue weighted by Gasteiger charge is -2.36. The molecular weight excluding hydrogens is 224 g/mol. The van der Waals surface area contributed by atoms with Gasteiger partial charge in [-0.3, -0.25) is 9.80 Å². The maximum Gasteiger partial charge on any atom is 0.0758 e. The van der Waals surface area contributed by atoms with Crippen molar-refractivity contribution in [2.75, 3.05) is 39.3 Å². The Kier molecular flexibility index (Phi) is 5.42. The van der Waals surface area contributed by atoms with Crippen LogP contribution in [0.1, 0.15) is 33.6 Å². The first kappa shape index (κ1) is 14.3. The first-order chi connectivity index (χ1) is 8.80. The molecule has 106 valence electrons. The molecule has 4 nitrogen and oxygen atoms in total. The van der Waals surface area contributed by atoms with Crippen LogP contribution < -0.4 is 10.6 Å². The van der Waals surface area contributed by atoms with Crippen LogP contribution >= 0.6 is 0 Å². The molecule has 2 aliphatic heterocycles. The topological polar surface area (TPSA) is 30.5 Å². The second kappa shape index (κ2) is 6.85. The Morgan fingerprint density at radius 3 is 2.67 bits per heavy atom. The molecule has 2 N–H and O–H groups in total. The zero-order chi connectivity index (χ0) is 13.0. The van der Waals surface area contributed by atoms with E-state index < -0.39 is 0 Å². The summed E-state index contributed by atoms with van der Waals surface area (Å²) >= 11 is 0. The minimum atomic E-state index is 0.577. The van der Waals surface area contributed by atoms with Gasteiger partial charge in [-0.15, -0.1) is 0 Å². The van der Waals surface area contributed by atoms with Gasteiger partial charge in [0.2, 0.25) is 0 Å². The smallest absolute Gasteiger partial charge is 0.0758 e. The molecule has 0 aromatic heterocycles. The van der Waals surface area contributed by atoms with E-state index in [0.29, 0.717) is 18.2 Å². The standard InChI is InChI=1S/C14H30N4/c1-4-15-12-8-10-18(11-12)14-13(7-9-16-14)17(5-2)6-3/h12-16H,4-11H2,1-3H3/t12-,13+,14+/m1/s1. The first-order valence-electron chi connectivity index (χ1n) is 7.75. The highest BCUT2D eigenvalue weighted by atomic mass is 15.4. The molecule has 0 aliphatic carbocycles. The van der Waals surface area contributed by atoms with Crippen LogP contribution in [-0.2, 0) is 0 Å². The molecule has 2 aliphatic rings. The largest absolute Gasteiger partial charge is 0.313 e. The summed E-state index contributed by atoms with van der Waals surface area (Å²) in [5.41, 5.74) is 0. The zero-order valence-corrected chi connectivity index (χ0v) is 12.3.